The number of hydrogen-bond acceptors (Lipinski definition) is 5. The second kappa shape index (κ2) is 8.44. The van der Waals surface area contributed by atoms with Crippen molar-refractivity contribution in [1.82, 2.24) is 0 Å². The highest BCUT2D eigenvalue weighted by molar-refractivity contribution is 6.31. The molecule has 8 heteroatoms. The summed E-state index contributed by atoms with van der Waals surface area (Å²) in [5, 5.41) is 0.563. The molecule has 5 atom stereocenters. The van der Waals surface area contributed by atoms with Crippen LogP contribution in [-0.2, 0) is 19.2 Å². The molecule has 2 bridgehead atoms. The van der Waals surface area contributed by atoms with Crippen LogP contribution in [0.3, 0.4) is 0 Å². The van der Waals surface area contributed by atoms with Gasteiger partial charge in [0.05, 0.1) is 23.4 Å². The van der Waals surface area contributed by atoms with Gasteiger partial charge in [-0.15, -0.1) is 0 Å². The lowest BCUT2D eigenvalue weighted by Gasteiger charge is -2.20. The van der Waals surface area contributed by atoms with Gasteiger partial charge in [-0.2, -0.15) is 0 Å². The summed E-state index contributed by atoms with van der Waals surface area (Å²) in [5.74, 6) is -0.822. The Labute approximate surface area is 214 Å². The molecule has 2 aliphatic carbocycles. The molecule has 186 valence electrons. The normalized spacial score (nSPS) is 28.9. The van der Waals surface area contributed by atoms with Gasteiger partial charge < -0.3 is 9.64 Å². The molecule has 0 unspecified atom stereocenters. The van der Waals surface area contributed by atoms with Crippen LogP contribution in [0.1, 0.15) is 36.8 Å². The smallest absolute Gasteiger partial charge is 0.316 e. The number of esters is 1. The van der Waals surface area contributed by atoms with Crippen molar-refractivity contribution in [3.05, 3.63) is 52.5 Å². The Morgan fingerprint density at radius 1 is 0.944 bits per heavy atom. The van der Waals surface area contributed by atoms with Gasteiger partial charge >= 0.3 is 5.97 Å². The molecule has 0 spiro atoms. The van der Waals surface area contributed by atoms with Crippen LogP contribution < -0.4 is 14.5 Å². The standard InChI is InChI=1S/C28H27ClN2O5/c1-14-3-6-19(12-21(14)29)30-13-18(11-23(30)32)28(35)36-20-7-8-22(15(2)9-20)31-26(33)24-16-4-5-17(10-16)25(24)27(31)34/h3,6-9,12,16-18,24-25H,4-5,10-11,13H2,1-2H3/t16-,17-,18+,24+,25+/m0/s1. The topological polar surface area (TPSA) is 84.0 Å². The molecule has 3 amide bonds. The third kappa shape index (κ3) is 3.55. The molecule has 0 N–H and O–H groups in total. The van der Waals surface area contributed by atoms with Crippen LogP contribution in [0.4, 0.5) is 11.4 Å². The summed E-state index contributed by atoms with van der Waals surface area (Å²) in [6.45, 7) is 3.91. The number of rotatable bonds is 4. The van der Waals surface area contributed by atoms with Crippen molar-refractivity contribution < 1.29 is 23.9 Å². The van der Waals surface area contributed by atoms with Crippen LogP contribution in [0.5, 0.6) is 5.75 Å². The predicted molar refractivity (Wildman–Crippen MR) is 134 cm³/mol. The average molecular weight is 507 g/mol. The van der Waals surface area contributed by atoms with E-state index < -0.39 is 11.9 Å². The van der Waals surface area contributed by atoms with E-state index >= 15 is 0 Å². The van der Waals surface area contributed by atoms with Crippen LogP contribution in [0.2, 0.25) is 5.02 Å². The lowest BCUT2D eigenvalue weighted by Crippen LogP contribution is -2.33. The predicted octanol–water partition coefficient (Wildman–Crippen LogP) is 4.45. The molecule has 0 aromatic heterocycles. The number of aryl methyl sites for hydroxylation is 2. The van der Waals surface area contributed by atoms with E-state index in [1.54, 1.807) is 36.1 Å². The van der Waals surface area contributed by atoms with Gasteiger partial charge in [-0.3, -0.25) is 19.2 Å². The van der Waals surface area contributed by atoms with E-state index in [1.807, 2.05) is 19.1 Å². The molecule has 2 aliphatic heterocycles. The minimum atomic E-state index is -0.603. The molecule has 2 aromatic rings. The number of imide groups is 1. The summed E-state index contributed by atoms with van der Waals surface area (Å²) >= 11 is 6.21. The minimum absolute atomic E-state index is 0.0588. The van der Waals surface area contributed by atoms with Gasteiger partial charge in [0, 0.05) is 23.7 Å². The number of nitrogens with zero attached hydrogens (tertiary/aromatic N) is 2. The zero-order chi connectivity index (χ0) is 25.3. The molecule has 2 saturated carbocycles. The van der Waals surface area contributed by atoms with Crippen molar-refractivity contribution in [2.24, 2.45) is 29.6 Å². The molecule has 7 nitrogen and oxygen atoms in total. The molecule has 4 fully saturated rings. The van der Waals surface area contributed by atoms with E-state index in [4.69, 9.17) is 16.3 Å². The molecular formula is C28H27ClN2O5. The van der Waals surface area contributed by atoms with E-state index in [1.165, 1.54) is 4.90 Å². The second-order valence-electron chi connectivity index (χ2n) is 10.6. The monoisotopic (exact) mass is 506 g/mol. The number of hydrogen-bond donors (Lipinski definition) is 0. The summed E-state index contributed by atoms with van der Waals surface area (Å²) in [4.78, 5) is 54.7. The van der Waals surface area contributed by atoms with Crippen molar-refractivity contribution in [1.29, 1.82) is 0 Å². The first-order valence-electron chi connectivity index (χ1n) is 12.5. The Morgan fingerprint density at radius 2 is 1.64 bits per heavy atom. The van der Waals surface area contributed by atoms with Gasteiger partial charge in [0.1, 0.15) is 5.75 Å². The Kier molecular flexibility index (Phi) is 5.45. The number of halogens is 1. The molecular weight excluding hydrogens is 480 g/mol. The first kappa shape index (κ1) is 23.2. The molecule has 2 heterocycles. The lowest BCUT2D eigenvalue weighted by atomic mass is 9.81. The fourth-order valence-electron chi connectivity index (χ4n) is 6.65. The Balaban J connectivity index is 1.15. The third-order valence-electron chi connectivity index (χ3n) is 8.48. The van der Waals surface area contributed by atoms with Crippen molar-refractivity contribution in [2.75, 3.05) is 16.3 Å². The SMILES string of the molecule is Cc1ccc(N2C[C@H](C(=O)Oc3ccc(N4C(=O)[C@@H]5[C@H]6CC[C@@H](C6)[C@H]5C4=O)c(C)c3)CC2=O)cc1Cl. The van der Waals surface area contributed by atoms with Gasteiger partial charge in [-0.25, -0.2) is 4.90 Å². The van der Waals surface area contributed by atoms with E-state index in [-0.39, 0.29) is 42.5 Å². The highest BCUT2D eigenvalue weighted by Gasteiger charge is 2.61. The highest BCUT2D eigenvalue weighted by atomic mass is 35.5. The fourth-order valence-corrected chi connectivity index (χ4v) is 6.83. The molecule has 36 heavy (non-hydrogen) atoms. The van der Waals surface area contributed by atoms with Crippen molar-refractivity contribution in [3.8, 4) is 5.75 Å². The number of amides is 3. The van der Waals surface area contributed by atoms with E-state index in [2.05, 4.69) is 0 Å². The molecule has 2 aromatic carbocycles. The Hall–Kier alpha value is -3.19. The largest absolute Gasteiger partial charge is 0.426 e. The summed E-state index contributed by atoms with van der Waals surface area (Å²) in [6.07, 6.45) is 3.12. The van der Waals surface area contributed by atoms with Gasteiger partial charge in [-0.1, -0.05) is 17.7 Å². The maximum absolute atomic E-state index is 13.2. The summed E-state index contributed by atoms with van der Waals surface area (Å²) in [5.41, 5.74) is 2.81. The van der Waals surface area contributed by atoms with E-state index in [9.17, 15) is 19.2 Å². The first-order chi connectivity index (χ1) is 17.2. The number of anilines is 2. The quantitative estimate of drug-likeness (QED) is 0.347. The Bertz CT molecular complexity index is 1300. The van der Waals surface area contributed by atoms with Crippen LogP contribution in [0.25, 0.3) is 0 Å². The van der Waals surface area contributed by atoms with Crippen LogP contribution in [-0.4, -0.2) is 30.2 Å². The zero-order valence-corrected chi connectivity index (χ0v) is 21.0. The third-order valence-corrected chi connectivity index (χ3v) is 8.89. The summed E-state index contributed by atoms with van der Waals surface area (Å²) < 4.78 is 5.61. The summed E-state index contributed by atoms with van der Waals surface area (Å²) in [7, 11) is 0. The number of benzene rings is 2. The lowest BCUT2D eigenvalue weighted by molar-refractivity contribution is -0.139. The van der Waals surface area contributed by atoms with Crippen molar-refractivity contribution in [2.45, 2.75) is 39.5 Å². The van der Waals surface area contributed by atoms with Crippen molar-refractivity contribution in [3.63, 3.8) is 0 Å². The van der Waals surface area contributed by atoms with Crippen molar-refractivity contribution >= 4 is 46.7 Å². The molecule has 6 rings (SSSR count). The maximum Gasteiger partial charge on any atom is 0.316 e. The number of carbonyl (C=O) groups excluding carboxylic acids is 4. The van der Waals surface area contributed by atoms with E-state index in [0.717, 1.165) is 24.8 Å². The average Bonchev–Trinajstić information content (AvgIpc) is 3.60. The minimum Gasteiger partial charge on any atom is -0.426 e. The molecule has 2 saturated heterocycles. The van der Waals surface area contributed by atoms with E-state index in [0.29, 0.717) is 39.5 Å². The van der Waals surface area contributed by atoms with Crippen LogP contribution >= 0.6 is 11.6 Å². The number of ether oxygens (including phenoxy) is 1. The maximum atomic E-state index is 13.2. The van der Waals surface area contributed by atoms with Gasteiger partial charge in [0.25, 0.3) is 0 Å². The van der Waals surface area contributed by atoms with Gasteiger partial charge in [0.2, 0.25) is 17.7 Å². The Morgan fingerprint density at radius 3 is 2.28 bits per heavy atom. The molecule has 4 aliphatic rings. The highest BCUT2D eigenvalue weighted by Crippen LogP contribution is 2.56. The van der Waals surface area contributed by atoms with Crippen LogP contribution in [0, 0.1) is 43.4 Å². The first-order valence-corrected chi connectivity index (χ1v) is 12.9. The van der Waals surface area contributed by atoms with Gasteiger partial charge in [0.15, 0.2) is 0 Å². The number of fused-ring (bicyclic) bond motifs is 5. The zero-order valence-electron chi connectivity index (χ0n) is 20.2. The summed E-state index contributed by atoms with van der Waals surface area (Å²) in [6, 6.07) is 10.3. The van der Waals surface area contributed by atoms with Crippen LogP contribution in [0.15, 0.2) is 36.4 Å². The molecule has 0 radical (unpaired) electrons. The van der Waals surface area contributed by atoms with Gasteiger partial charge in [-0.05, 0) is 86.4 Å². The fraction of sp³-hybridized carbons (Fsp3) is 0.429. The second-order valence-corrected chi connectivity index (χ2v) is 11.0. The number of carbonyl (C=O) groups is 4.